The van der Waals surface area contributed by atoms with E-state index in [1.807, 2.05) is 0 Å². The van der Waals surface area contributed by atoms with Crippen molar-refractivity contribution in [2.75, 3.05) is 25.6 Å². The topological polar surface area (TPSA) is 34.1 Å². The van der Waals surface area contributed by atoms with Crippen molar-refractivity contribution in [2.45, 2.75) is 0 Å². The second kappa shape index (κ2) is 5.88. The van der Waals surface area contributed by atoms with Crippen molar-refractivity contribution in [1.29, 1.82) is 0 Å². The summed E-state index contributed by atoms with van der Waals surface area (Å²) >= 11 is 1.30. The first-order valence-corrected chi connectivity index (χ1v) is 6.23. The third-order valence-corrected chi connectivity index (χ3v) is 3.11. The van der Waals surface area contributed by atoms with Gasteiger partial charge in [0, 0.05) is 19.0 Å². The zero-order valence-electron chi connectivity index (χ0n) is 9.74. The van der Waals surface area contributed by atoms with Crippen LogP contribution < -0.4 is 5.32 Å². The van der Waals surface area contributed by atoms with Gasteiger partial charge in [0.25, 0.3) is 0 Å². The van der Waals surface area contributed by atoms with Gasteiger partial charge >= 0.3 is 0 Å². The highest BCUT2D eigenvalue weighted by Gasteiger charge is 2.13. The predicted molar refractivity (Wildman–Crippen MR) is 67.8 cm³/mol. The third-order valence-electron chi connectivity index (χ3n) is 2.31. The van der Waals surface area contributed by atoms with E-state index in [-0.39, 0.29) is 5.56 Å². The van der Waals surface area contributed by atoms with Crippen molar-refractivity contribution in [3.05, 3.63) is 35.2 Å². The van der Waals surface area contributed by atoms with Gasteiger partial charge in [0.15, 0.2) is 5.13 Å². The molecule has 0 unspecified atom stereocenters. The molecule has 6 heteroatoms. The molecule has 0 saturated carbocycles. The molecule has 0 radical (unpaired) electrons. The van der Waals surface area contributed by atoms with E-state index in [0.29, 0.717) is 24.0 Å². The van der Waals surface area contributed by atoms with Crippen LogP contribution in [0.1, 0.15) is 0 Å². The average Bonchev–Trinajstić information content (AvgIpc) is 2.78. The van der Waals surface area contributed by atoms with Gasteiger partial charge in [0.2, 0.25) is 0 Å². The number of aromatic nitrogens is 1. The molecule has 96 valence electrons. The fourth-order valence-corrected chi connectivity index (χ4v) is 2.20. The van der Waals surface area contributed by atoms with Crippen LogP contribution in [0.2, 0.25) is 0 Å². The van der Waals surface area contributed by atoms with Crippen LogP contribution in [0.3, 0.4) is 0 Å². The standard InChI is InChI=1S/C12H12F2N2OS/c1-17-6-5-15-12-16-10(7-18-12)11-8(13)3-2-4-9(11)14/h2-4,7H,5-6H2,1H3,(H,15,16). The Labute approximate surface area is 107 Å². The summed E-state index contributed by atoms with van der Waals surface area (Å²) in [5, 5.41) is 5.25. The largest absolute Gasteiger partial charge is 0.383 e. The van der Waals surface area contributed by atoms with Gasteiger partial charge in [-0.05, 0) is 12.1 Å². The van der Waals surface area contributed by atoms with Gasteiger partial charge in [-0.1, -0.05) is 6.07 Å². The fourth-order valence-electron chi connectivity index (χ4n) is 1.47. The second-order valence-electron chi connectivity index (χ2n) is 3.55. The minimum absolute atomic E-state index is 0.0893. The van der Waals surface area contributed by atoms with E-state index in [2.05, 4.69) is 10.3 Å². The summed E-state index contributed by atoms with van der Waals surface area (Å²) in [4.78, 5) is 4.15. The minimum Gasteiger partial charge on any atom is -0.383 e. The van der Waals surface area contributed by atoms with Gasteiger partial charge < -0.3 is 10.1 Å². The SMILES string of the molecule is COCCNc1nc(-c2c(F)cccc2F)cs1. The zero-order chi connectivity index (χ0) is 13.0. The van der Waals surface area contributed by atoms with E-state index in [0.717, 1.165) is 0 Å². The Bertz CT molecular complexity index is 510. The van der Waals surface area contributed by atoms with Crippen LogP contribution in [0.15, 0.2) is 23.6 Å². The van der Waals surface area contributed by atoms with Gasteiger partial charge in [-0.2, -0.15) is 0 Å². The zero-order valence-corrected chi connectivity index (χ0v) is 10.6. The number of halogens is 2. The lowest BCUT2D eigenvalue weighted by molar-refractivity contribution is 0.211. The molecule has 0 saturated heterocycles. The highest BCUT2D eigenvalue weighted by Crippen LogP contribution is 2.28. The van der Waals surface area contributed by atoms with E-state index < -0.39 is 11.6 Å². The molecule has 0 aliphatic heterocycles. The smallest absolute Gasteiger partial charge is 0.183 e. The maximum atomic E-state index is 13.5. The molecule has 2 rings (SSSR count). The average molecular weight is 270 g/mol. The first kappa shape index (κ1) is 12.9. The van der Waals surface area contributed by atoms with Crippen LogP contribution in [-0.2, 0) is 4.74 Å². The normalized spacial score (nSPS) is 10.6. The maximum absolute atomic E-state index is 13.5. The highest BCUT2D eigenvalue weighted by atomic mass is 32.1. The molecule has 2 aromatic rings. The van der Waals surface area contributed by atoms with Crippen molar-refractivity contribution < 1.29 is 13.5 Å². The van der Waals surface area contributed by atoms with Crippen LogP contribution in [0.5, 0.6) is 0 Å². The Morgan fingerprint density at radius 2 is 2.06 bits per heavy atom. The second-order valence-corrected chi connectivity index (χ2v) is 4.41. The molecular formula is C12H12F2N2OS. The lowest BCUT2D eigenvalue weighted by Gasteiger charge is -2.02. The fraction of sp³-hybridized carbons (Fsp3) is 0.250. The number of methoxy groups -OCH3 is 1. The van der Waals surface area contributed by atoms with E-state index in [1.165, 1.54) is 29.5 Å². The Morgan fingerprint density at radius 3 is 2.72 bits per heavy atom. The number of nitrogens with one attached hydrogen (secondary N) is 1. The van der Waals surface area contributed by atoms with Gasteiger partial charge in [0.05, 0.1) is 17.9 Å². The van der Waals surface area contributed by atoms with Crippen molar-refractivity contribution in [2.24, 2.45) is 0 Å². The summed E-state index contributed by atoms with van der Waals surface area (Å²) in [7, 11) is 1.60. The lowest BCUT2D eigenvalue weighted by Crippen LogP contribution is -2.07. The minimum atomic E-state index is -0.608. The summed E-state index contributed by atoms with van der Waals surface area (Å²) in [6, 6.07) is 3.77. The number of hydrogen-bond donors (Lipinski definition) is 1. The Kier molecular flexibility index (Phi) is 4.22. The predicted octanol–water partition coefficient (Wildman–Crippen LogP) is 3.15. The number of ether oxygens (including phenoxy) is 1. The Balaban J connectivity index is 2.19. The number of hydrogen-bond acceptors (Lipinski definition) is 4. The van der Waals surface area contributed by atoms with Crippen LogP contribution >= 0.6 is 11.3 Å². The van der Waals surface area contributed by atoms with E-state index in [9.17, 15) is 8.78 Å². The van der Waals surface area contributed by atoms with Gasteiger partial charge in [-0.25, -0.2) is 13.8 Å². The first-order valence-electron chi connectivity index (χ1n) is 5.35. The van der Waals surface area contributed by atoms with Gasteiger partial charge in [0.1, 0.15) is 11.6 Å². The van der Waals surface area contributed by atoms with Crippen molar-refractivity contribution in [3.63, 3.8) is 0 Å². The summed E-state index contributed by atoms with van der Waals surface area (Å²) < 4.78 is 32.0. The Morgan fingerprint density at radius 1 is 1.33 bits per heavy atom. The highest BCUT2D eigenvalue weighted by molar-refractivity contribution is 7.14. The number of nitrogens with zero attached hydrogens (tertiary/aromatic N) is 1. The summed E-state index contributed by atoms with van der Waals surface area (Å²) in [5.41, 5.74) is 0.212. The first-order chi connectivity index (χ1) is 8.72. The van der Waals surface area contributed by atoms with E-state index in [1.54, 1.807) is 12.5 Å². The molecule has 18 heavy (non-hydrogen) atoms. The third kappa shape index (κ3) is 2.83. The molecule has 1 heterocycles. The maximum Gasteiger partial charge on any atom is 0.183 e. The molecule has 0 spiro atoms. The van der Waals surface area contributed by atoms with Crippen molar-refractivity contribution in [3.8, 4) is 11.3 Å². The molecule has 0 aliphatic rings. The number of thiazole rings is 1. The molecule has 0 bridgehead atoms. The van der Waals surface area contributed by atoms with Crippen molar-refractivity contribution >= 4 is 16.5 Å². The molecule has 0 fully saturated rings. The molecule has 0 atom stereocenters. The van der Waals surface area contributed by atoms with E-state index >= 15 is 0 Å². The van der Waals surface area contributed by atoms with Crippen LogP contribution in [0.4, 0.5) is 13.9 Å². The number of benzene rings is 1. The lowest BCUT2D eigenvalue weighted by atomic mass is 10.1. The monoisotopic (exact) mass is 270 g/mol. The van der Waals surface area contributed by atoms with Gasteiger partial charge in [-0.3, -0.25) is 0 Å². The molecule has 1 aromatic heterocycles. The quantitative estimate of drug-likeness (QED) is 0.847. The number of anilines is 1. The molecule has 0 aliphatic carbocycles. The summed E-state index contributed by atoms with van der Waals surface area (Å²) in [6.07, 6.45) is 0. The van der Waals surface area contributed by atoms with Gasteiger partial charge in [-0.15, -0.1) is 11.3 Å². The van der Waals surface area contributed by atoms with Crippen LogP contribution in [0.25, 0.3) is 11.3 Å². The van der Waals surface area contributed by atoms with Crippen molar-refractivity contribution in [1.82, 2.24) is 4.98 Å². The molecule has 3 nitrogen and oxygen atoms in total. The van der Waals surface area contributed by atoms with Crippen LogP contribution in [0, 0.1) is 11.6 Å². The molecule has 1 aromatic carbocycles. The summed E-state index contributed by atoms with van der Waals surface area (Å²) in [6.45, 7) is 1.15. The molecule has 1 N–H and O–H groups in total. The molecular weight excluding hydrogens is 258 g/mol. The number of rotatable bonds is 5. The molecule has 0 amide bonds. The Hall–Kier alpha value is -1.53. The van der Waals surface area contributed by atoms with E-state index in [4.69, 9.17) is 4.74 Å². The van der Waals surface area contributed by atoms with Crippen LogP contribution in [-0.4, -0.2) is 25.2 Å². The summed E-state index contributed by atoms with van der Waals surface area (Å²) in [5.74, 6) is -1.22.